The molecule has 0 aliphatic carbocycles. The second-order valence-corrected chi connectivity index (χ2v) is 5.15. The molecule has 4 nitrogen and oxygen atoms in total. The zero-order valence-electron chi connectivity index (χ0n) is 13.1. The van der Waals surface area contributed by atoms with E-state index in [4.69, 9.17) is 4.74 Å². The second-order valence-electron chi connectivity index (χ2n) is 5.15. The van der Waals surface area contributed by atoms with Gasteiger partial charge in [-0.25, -0.2) is 8.78 Å². The molecule has 3 rings (SSSR count). The maximum atomic E-state index is 13.3. The molecule has 0 saturated heterocycles. The van der Waals surface area contributed by atoms with Gasteiger partial charge < -0.3 is 15.0 Å². The van der Waals surface area contributed by atoms with Crippen LogP contribution in [0, 0.1) is 23.5 Å². The first-order valence-corrected chi connectivity index (χ1v) is 7.53. The van der Waals surface area contributed by atoms with Crippen molar-refractivity contribution in [2.24, 2.45) is 0 Å². The molecule has 0 aliphatic rings. The van der Waals surface area contributed by atoms with Gasteiger partial charge in [0.05, 0.1) is 12.1 Å². The number of nitrogens with one attached hydrogen (secondary N) is 2. The summed E-state index contributed by atoms with van der Waals surface area (Å²) in [5, 5.41) is 3.52. The molecule has 0 unspecified atom stereocenters. The fourth-order valence-electron chi connectivity index (χ4n) is 2.30. The normalized spacial score (nSPS) is 10.2. The summed E-state index contributed by atoms with van der Waals surface area (Å²) in [6.45, 7) is 0.0686. The Morgan fingerprint density at radius 3 is 2.84 bits per heavy atom. The van der Waals surface area contributed by atoms with Gasteiger partial charge in [-0.1, -0.05) is 30.0 Å². The van der Waals surface area contributed by atoms with E-state index in [1.807, 2.05) is 24.3 Å². The van der Waals surface area contributed by atoms with Crippen molar-refractivity contribution in [3.05, 3.63) is 65.9 Å². The molecular weight excluding hydrogens is 326 g/mol. The quantitative estimate of drug-likeness (QED) is 0.716. The molecule has 1 heterocycles. The van der Waals surface area contributed by atoms with Gasteiger partial charge in [-0.2, -0.15) is 0 Å². The molecule has 1 aromatic heterocycles. The van der Waals surface area contributed by atoms with Gasteiger partial charge in [-0.05, 0) is 18.2 Å². The number of aromatic nitrogens is 1. The smallest absolute Gasteiger partial charge is 0.254 e. The molecule has 0 saturated carbocycles. The average molecular weight is 340 g/mol. The summed E-state index contributed by atoms with van der Waals surface area (Å²) in [5.41, 5.74) is 1.43. The van der Waals surface area contributed by atoms with Crippen LogP contribution >= 0.6 is 0 Å². The number of ether oxygens (including phenoxy) is 1. The van der Waals surface area contributed by atoms with Gasteiger partial charge in [-0.15, -0.1) is 0 Å². The Morgan fingerprint density at radius 2 is 2.00 bits per heavy atom. The SMILES string of the molecule is O=C(NCC#CCOc1ccc(F)cc1F)c1c[nH]c2ccccc12. The molecular formula is C19H14F2N2O2. The Kier molecular flexibility index (Phi) is 4.95. The molecule has 2 aromatic carbocycles. The van der Waals surface area contributed by atoms with Gasteiger partial charge >= 0.3 is 0 Å². The molecule has 0 fully saturated rings. The number of rotatable bonds is 4. The highest BCUT2D eigenvalue weighted by molar-refractivity contribution is 6.06. The molecule has 25 heavy (non-hydrogen) atoms. The number of carbonyl (C=O) groups is 1. The van der Waals surface area contributed by atoms with Gasteiger partial charge in [0, 0.05) is 23.2 Å². The van der Waals surface area contributed by atoms with Crippen LogP contribution in [0.15, 0.2) is 48.7 Å². The first-order chi connectivity index (χ1) is 12.1. The van der Waals surface area contributed by atoms with Crippen molar-refractivity contribution < 1.29 is 18.3 Å². The molecule has 0 aliphatic heterocycles. The lowest BCUT2D eigenvalue weighted by molar-refractivity contribution is 0.0960. The minimum absolute atomic E-state index is 0.0640. The van der Waals surface area contributed by atoms with Gasteiger partial charge in [0.15, 0.2) is 11.6 Å². The fraction of sp³-hybridized carbons (Fsp3) is 0.105. The summed E-state index contributed by atoms with van der Waals surface area (Å²) < 4.78 is 31.2. The van der Waals surface area contributed by atoms with E-state index in [1.165, 1.54) is 6.07 Å². The molecule has 6 heteroatoms. The number of benzene rings is 2. The number of para-hydroxylation sites is 1. The van der Waals surface area contributed by atoms with Gasteiger partial charge in [-0.3, -0.25) is 4.79 Å². The van der Waals surface area contributed by atoms with Gasteiger partial charge in [0.2, 0.25) is 0 Å². The van der Waals surface area contributed by atoms with Crippen molar-refractivity contribution in [1.82, 2.24) is 10.3 Å². The summed E-state index contributed by atoms with van der Waals surface area (Å²) in [6, 6.07) is 10.5. The third kappa shape index (κ3) is 3.96. The minimum Gasteiger partial charge on any atom is -0.478 e. The van der Waals surface area contributed by atoms with E-state index in [1.54, 1.807) is 6.20 Å². The lowest BCUT2D eigenvalue weighted by atomic mass is 10.1. The van der Waals surface area contributed by atoms with Crippen molar-refractivity contribution in [3.8, 4) is 17.6 Å². The fourth-order valence-corrected chi connectivity index (χ4v) is 2.30. The Morgan fingerprint density at radius 1 is 1.16 bits per heavy atom. The number of fused-ring (bicyclic) bond motifs is 1. The second kappa shape index (κ2) is 7.49. The molecule has 2 N–H and O–H groups in total. The van der Waals surface area contributed by atoms with Crippen molar-refractivity contribution in [1.29, 1.82) is 0 Å². The monoisotopic (exact) mass is 340 g/mol. The van der Waals surface area contributed by atoms with Crippen LogP contribution in [-0.4, -0.2) is 24.0 Å². The van der Waals surface area contributed by atoms with Crippen molar-refractivity contribution in [3.63, 3.8) is 0 Å². The molecule has 3 aromatic rings. The van der Waals surface area contributed by atoms with Crippen LogP contribution in [0.4, 0.5) is 8.78 Å². The van der Waals surface area contributed by atoms with Crippen molar-refractivity contribution in [2.75, 3.05) is 13.2 Å². The minimum atomic E-state index is -0.783. The Hall–Kier alpha value is -3.33. The zero-order valence-corrected chi connectivity index (χ0v) is 13.1. The first-order valence-electron chi connectivity index (χ1n) is 7.53. The van der Waals surface area contributed by atoms with E-state index in [0.29, 0.717) is 5.56 Å². The Labute approximate surface area is 142 Å². The maximum Gasteiger partial charge on any atom is 0.254 e. The number of aromatic amines is 1. The zero-order chi connectivity index (χ0) is 17.6. The summed E-state index contributed by atoms with van der Waals surface area (Å²) >= 11 is 0. The number of hydrogen-bond donors (Lipinski definition) is 2. The van der Waals surface area contributed by atoms with Crippen molar-refractivity contribution >= 4 is 16.8 Å². The van der Waals surface area contributed by atoms with Crippen LogP contribution in [0.2, 0.25) is 0 Å². The third-order valence-corrected chi connectivity index (χ3v) is 3.49. The molecule has 1 amide bonds. The predicted octanol–water partition coefficient (Wildman–Crippen LogP) is 3.26. The van der Waals surface area contributed by atoms with E-state index >= 15 is 0 Å². The lowest BCUT2D eigenvalue weighted by Crippen LogP contribution is -2.23. The highest BCUT2D eigenvalue weighted by Crippen LogP contribution is 2.18. The molecule has 126 valence electrons. The van der Waals surface area contributed by atoms with Crippen LogP contribution in [0.5, 0.6) is 5.75 Å². The maximum absolute atomic E-state index is 13.3. The van der Waals surface area contributed by atoms with E-state index in [2.05, 4.69) is 22.1 Å². The number of halogens is 2. The van der Waals surface area contributed by atoms with Gasteiger partial charge in [0.1, 0.15) is 12.4 Å². The molecule has 0 bridgehead atoms. The van der Waals surface area contributed by atoms with Crippen LogP contribution in [0.1, 0.15) is 10.4 Å². The summed E-state index contributed by atoms with van der Waals surface area (Å²) in [7, 11) is 0. The average Bonchev–Trinajstić information content (AvgIpc) is 3.03. The van der Waals surface area contributed by atoms with Crippen molar-refractivity contribution in [2.45, 2.75) is 0 Å². The molecule has 0 radical (unpaired) electrons. The topological polar surface area (TPSA) is 54.1 Å². The van der Waals surface area contributed by atoms with Gasteiger partial charge in [0.25, 0.3) is 5.91 Å². The summed E-state index contributed by atoms with van der Waals surface area (Å²) in [6.07, 6.45) is 1.65. The predicted molar refractivity (Wildman–Crippen MR) is 90.3 cm³/mol. The number of H-pyrrole nitrogens is 1. The van der Waals surface area contributed by atoms with Crippen LogP contribution in [0.25, 0.3) is 10.9 Å². The first kappa shape index (κ1) is 16.5. The Bertz CT molecular complexity index is 970. The molecule has 0 spiro atoms. The summed E-state index contributed by atoms with van der Waals surface area (Å²) in [5.74, 6) is 3.61. The highest BCUT2D eigenvalue weighted by atomic mass is 19.1. The number of carbonyl (C=O) groups excluding carboxylic acids is 1. The highest BCUT2D eigenvalue weighted by Gasteiger charge is 2.10. The van der Waals surface area contributed by atoms with E-state index < -0.39 is 11.6 Å². The van der Waals surface area contributed by atoms with Crippen LogP contribution in [-0.2, 0) is 0 Å². The largest absolute Gasteiger partial charge is 0.478 e. The third-order valence-electron chi connectivity index (χ3n) is 3.49. The van der Waals surface area contributed by atoms with Crippen LogP contribution < -0.4 is 10.1 Å². The lowest BCUT2D eigenvalue weighted by Gasteiger charge is -2.03. The van der Waals surface area contributed by atoms with Crippen LogP contribution in [0.3, 0.4) is 0 Å². The number of amides is 1. The Balaban J connectivity index is 1.50. The molecule has 0 atom stereocenters. The van der Waals surface area contributed by atoms with E-state index in [-0.39, 0.29) is 24.8 Å². The standard InChI is InChI=1S/C19H14F2N2O2/c20-13-7-8-18(16(21)11-13)25-10-4-3-9-22-19(24)15-12-23-17-6-2-1-5-14(15)17/h1-2,5-8,11-12,23H,9-10H2,(H,22,24). The summed E-state index contributed by atoms with van der Waals surface area (Å²) in [4.78, 5) is 15.2. The number of hydrogen-bond acceptors (Lipinski definition) is 2. The van der Waals surface area contributed by atoms with E-state index in [9.17, 15) is 13.6 Å². The van der Waals surface area contributed by atoms with E-state index in [0.717, 1.165) is 23.0 Å².